The summed E-state index contributed by atoms with van der Waals surface area (Å²) in [6.07, 6.45) is 0. The Morgan fingerprint density at radius 2 is 1.70 bits per heavy atom. The molecule has 0 aliphatic rings. The molecule has 0 saturated carbocycles. The van der Waals surface area contributed by atoms with Crippen LogP contribution in [0.25, 0.3) is 31.6 Å². The van der Waals surface area contributed by atoms with Gasteiger partial charge in [0.05, 0.1) is 0 Å². The molecule has 0 bridgehead atoms. The van der Waals surface area contributed by atoms with Gasteiger partial charge in [0.25, 0.3) is 0 Å². The summed E-state index contributed by atoms with van der Waals surface area (Å²) in [5.74, 6) is 0. The molecule has 0 saturated heterocycles. The first-order chi connectivity index (χ1) is 9.75. The highest BCUT2D eigenvalue weighted by molar-refractivity contribution is 7.17. The van der Waals surface area contributed by atoms with Crippen molar-refractivity contribution < 1.29 is 10.0 Å². The highest BCUT2D eigenvalue weighted by atomic mass is 32.1. The van der Waals surface area contributed by atoms with Crippen LogP contribution in [0.3, 0.4) is 0 Å². The van der Waals surface area contributed by atoms with Gasteiger partial charge in [0.1, 0.15) is 0 Å². The molecular formula is C16H11BO2S. The molecule has 20 heavy (non-hydrogen) atoms. The minimum atomic E-state index is -1.45. The predicted molar refractivity (Wildman–Crippen MR) is 86.7 cm³/mol. The molecule has 0 aliphatic carbocycles. The van der Waals surface area contributed by atoms with Gasteiger partial charge < -0.3 is 10.0 Å². The maximum Gasteiger partial charge on any atom is 0.489 e. The van der Waals surface area contributed by atoms with Crippen LogP contribution in [0.15, 0.2) is 53.9 Å². The third kappa shape index (κ3) is 1.59. The molecule has 0 fully saturated rings. The van der Waals surface area contributed by atoms with Crippen molar-refractivity contribution >= 4 is 55.5 Å². The van der Waals surface area contributed by atoms with Gasteiger partial charge in [-0.25, -0.2) is 0 Å². The number of hydrogen-bond donors (Lipinski definition) is 2. The molecule has 0 spiro atoms. The highest BCUT2D eigenvalue weighted by Gasteiger charge is 2.18. The van der Waals surface area contributed by atoms with Crippen molar-refractivity contribution in [3.63, 3.8) is 0 Å². The van der Waals surface area contributed by atoms with E-state index in [-0.39, 0.29) is 0 Å². The van der Waals surface area contributed by atoms with Crippen LogP contribution in [0.4, 0.5) is 0 Å². The molecule has 4 heteroatoms. The second-order valence-corrected chi connectivity index (χ2v) is 5.83. The lowest BCUT2D eigenvalue weighted by atomic mass is 9.76. The van der Waals surface area contributed by atoms with E-state index in [2.05, 4.69) is 18.2 Å². The molecule has 2 N–H and O–H groups in total. The minimum Gasteiger partial charge on any atom is -0.423 e. The van der Waals surface area contributed by atoms with Gasteiger partial charge in [-0.05, 0) is 44.5 Å². The fourth-order valence-electron chi connectivity index (χ4n) is 2.87. The molecule has 1 aromatic heterocycles. The van der Waals surface area contributed by atoms with Gasteiger partial charge >= 0.3 is 7.12 Å². The second kappa shape index (κ2) is 4.31. The maximum atomic E-state index is 9.65. The molecule has 0 unspecified atom stereocenters. The molecule has 0 atom stereocenters. The smallest absolute Gasteiger partial charge is 0.423 e. The Morgan fingerprint density at radius 1 is 0.850 bits per heavy atom. The molecule has 0 radical (unpaired) electrons. The molecular weight excluding hydrogens is 267 g/mol. The van der Waals surface area contributed by atoms with Crippen molar-refractivity contribution in [1.82, 2.24) is 0 Å². The van der Waals surface area contributed by atoms with Crippen LogP contribution in [0.5, 0.6) is 0 Å². The van der Waals surface area contributed by atoms with Crippen LogP contribution in [0.1, 0.15) is 0 Å². The molecule has 0 aliphatic heterocycles. The van der Waals surface area contributed by atoms with Crippen molar-refractivity contribution in [2.45, 2.75) is 0 Å². The lowest BCUT2D eigenvalue weighted by Crippen LogP contribution is -2.30. The average Bonchev–Trinajstić information content (AvgIpc) is 2.93. The van der Waals surface area contributed by atoms with E-state index in [1.807, 2.05) is 35.7 Å². The first-order valence-corrected chi connectivity index (χ1v) is 7.31. The maximum absolute atomic E-state index is 9.65. The lowest BCUT2D eigenvalue weighted by molar-refractivity contribution is 0.426. The quantitative estimate of drug-likeness (QED) is 0.415. The Hall–Kier alpha value is -1.88. The van der Waals surface area contributed by atoms with Crippen LogP contribution < -0.4 is 5.46 Å². The zero-order valence-corrected chi connectivity index (χ0v) is 11.4. The van der Waals surface area contributed by atoms with Crippen LogP contribution in [0, 0.1) is 0 Å². The normalized spacial score (nSPS) is 11.5. The Bertz CT molecular complexity index is 943. The Balaban J connectivity index is 2.34. The Kier molecular flexibility index (Phi) is 2.57. The van der Waals surface area contributed by atoms with E-state index in [1.165, 1.54) is 5.39 Å². The van der Waals surface area contributed by atoms with Crippen molar-refractivity contribution in [2.75, 3.05) is 0 Å². The molecule has 4 rings (SSSR count). The molecule has 2 nitrogen and oxygen atoms in total. The van der Waals surface area contributed by atoms with Crippen LogP contribution in [0.2, 0.25) is 0 Å². The fourth-order valence-corrected chi connectivity index (χ4v) is 3.72. The SMILES string of the molecule is OB(O)c1cc2sccc2c2c1ccc1ccccc12. The van der Waals surface area contributed by atoms with E-state index in [0.717, 1.165) is 26.2 Å². The minimum absolute atomic E-state index is 0.570. The highest BCUT2D eigenvalue weighted by Crippen LogP contribution is 2.33. The number of thiophene rings is 1. The van der Waals surface area contributed by atoms with Gasteiger partial charge in [-0.3, -0.25) is 0 Å². The van der Waals surface area contributed by atoms with E-state index >= 15 is 0 Å². The monoisotopic (exact) mass is 278 g/mol. The number of rotatable bonds is 1. The first kappa shape index (κ1) is 11.9. The first-order valence-electron chi connectivity index (χ1n) is 6.43. The summed E-state index contributed by atoms with van der Waals surface area (Å²) in [4.78, 5) is 0. The number of fused-ring (bicyclic) bond motifs is 5. The predicted octanol–water partition coefficient (Wildman–Crippen LogP) is 2.89. The van der Waals surface area contributed by atoms with Gasteiger partial charge in [-0.1, -0.05) is 36.4 Å². The Morgan fingerprint density at radius 3 is 2.55 bits per heavy atom. The molecule has 4 aromatic rings. The summed E-state index contributed by atoms with van der Waals surface area (Å²) in [7, 11) is -1.45. The summed E-state index contributed by atoms with van der Waals surface area (Å²) < 4.78 is 1.08. The van der Waals surface area contributed by atoms with E-state index in [4.69, 9.17) is 0 Å². The van der Waals surface area contributed by atoms with Crippen LogP contribution in [-0.2, 0) is 0 Å². The van der Waals surface area contributed by atoms with Crippen LogP contribution >= 0.6 is 11.3 Å². The lowest BCUT2D eigenvalue weighted by Gasteiger charge is -2.10. The van der Waals surface area contributed by atoms with Crippen molar-refractivity contribution in [2.24, 2.45) is 0 Å². The third-order valence-electron chi connectivity index (χ3n) is 3.77. The summed E-state index contributed by atoms with van der Waals surface area (Å²) in [5, 5.41) is 26.8. The standard InChI is InChI=1S/C16H11BO2S/c18-17(19)14-9-15-13(7-8-20-15)16-11-4-2-1-3-10(11)5-6-12(14)16/h1-9,18-19H. The van der Waals surface area contributed by atoms with E-state index in [1.54, 1.807) is 11.3 Å². The molecule has 0 amide bonds. The zero-order chi connectivity index (χ0) is 13.7. The van der Waals surface area contributed by atoms with Crippen molar-refractivity contribution in [3.8, 4) is 0 Å². The van der Waals surface area contributed by atoms with Crippen molar-refractivity contribution in [1.29, 1.82) is 0 Å². The molecule has 3 aromatic carbocycles. The van der Waals surface area contributed by atoms with Gasteiger partial charge in [0, 0.05) is 10.1 Å². The summed E-state index contributed by atoms with van der Waals surface area (Å²) in [5.41, 5.74) is 0.570. The van der Waals surface area contributed by atoms with E-state index in [9.17, 15) is 10.0 Å². The molecule has 96 valence electrons. The van der Waals surface area contributed by atoms with Gasteiger partial charge in [0.2, 0.25) is 0 Å². The number of benzene rings is 3. The van der Waals surface area contributed by atoms with Gasteiger partial charge in [-0.2, -0.15) is 0 Å². The van der Waals surface area contributed by atoms with Gasteiger partial charge in [-0.15, -0.1) is 11.3 Å². The van der Waals surface area contributed by atoms with Crippen LogP contribution in [-0.4, -0.2) is 17.2 Å². The summed E-state index contributed by atoms with van der Waals surface area (Å²) in [6, 6.07) is 16.2. The zero-order valence-electron chi connectivity index (χ0n) is 10.6. The summed E-state index contributed by atoms with van der Waals surface area (Å²) >= 11 is 1.62. The molecule has 1 heterocycles. The van der Waals surface area contributed by atoms with E-state index < -0.39 is 7.12 Å². The Labute approximate surface area is 120 Å². The topological polar surface area (TPSA) is 40.5 Å². The fraction of sp³-hybridized carbons (Fsp3) is 0. The largest absolute Gasteiger partial charge is 0.489 e. The summed E-state index contributed by atoms with van der Waals surface area (Å²) in [6.45, 7) is 0. The second-order valence-electron chi connectivity index (χ2n) is 4.88. The van der Waals surface area contributed by atoms with Crippen molar-refractivity contribution in [3.05, 3.63) is 53.9 Å². The number of hydrogen-bond acceptors (Lipinski definition) is 3. The third-order valence-corrected chi connectivity index (χ3v) is 4.63. The van der Waals surface area contributed by atoms with Gasteiger partial charge in [0.15, 0.2) is 0 Å². The van der Waals surface area contributed by atoms with E-state index in [0.29, 0.717) is 5.46 Å². The average molecular weight is 278 g/mol.